The zero-order valence-corrected chi connectivity index (χ0v) is 17.2. The van der Waals surface area contributed by atoms with Crippen LogP contribution in [0, 0.1) is 0 Å². The number of hydrogen-bond acceptors (Lipinski definition) is 4. The first-order valence-electron chi connectivity index (χ1n) is 10.1. The molecule has 3 aromatic carbocycles. The highest BCUT2D eigenvalue weighted by atomic mass is 16.5. The second-order valence-electron chi connectivity index (χ2n) is 7.61. The number of ether oxygens (including phenoxy) is 1. The molecule has 4 rings (SSSR count). The Morgan fingerprint density at radius 1 is 0.933 bits per heavy atom. The molecule has 4 heteroatoms. The van der Waals surface area contributed by atoms with Crippen molar-refractivity contribution in [3.8, 4) is 16.9 Å². The van der Waals surface area contributed by atoms with E-state index in [-0.39, 0.29) is 11.5 Å². The smallest absolute Gasteiger partial charge is 0.200 e. The summed E-state index contributed by atoms with van der Waals surface area (Å²) in [6.07, 6.45) is 2.27. The molecular weight excluding hydrogens is 374 g/mol. The van der Waals surface area contributed by atoms with Gasteiger partial charge in [-0.3, -0.25) is 4.79 Å². The number of rotatable bonds is 7. The normalized spacial score (nSPS) is 12.2. The molecule has 0 bridgehead atoms. The lowest BCUT2D eigenvalue weighted by atomic mass is 10.0. The SMILES string of the molecule is CN(C)CCC(Oc1ccc2occ(-c3ccccc3)c(=O)c2c1)c1ccccc1. The second kappa shape index (κ2) is 8.97. The number of fused-ring (bicyclic) bond motifs is 1. The van der Waals surface area contributed by atoms with Crippen molar-refractivity contribution in [2.75, 3.05) is 20.6 Å². The van der Waals surface area contributed by atoms with E-state index in [0.29, 0.717) is 22.3 Å². The molecule has 1 atom stereocenters. The van der Waals surface area contributed by atoms with Gasteiger partial charge < -0.3 is 14.1 Å². The van der Waals surface area contributed by atoms with Crippen molar-refractivity contribution in [2.45, 2.75) is 12.5 Å². The van der Waals surface area contributed by atoms with Crippen LogP contribution in [0.4, 0.5) is 0 Å². The van der Waals surface area contributed by atoms with Crippen LogP contribution in [0.1, 0.15) is 18.1 Å². The van der Waals surface area contributed by atoms with Crippen LogP contribution in [-0.4, -0.2) is 25.5 Å². The van der Waals surface area contributed by atoms with Gasteiger partial charge in [-0.05, 0) is 43.4 Å². The van der Waals surface area contributed by atoms with E-state index in [2.05, 4.69) is 31.1 Å². The first-order valence-corrected chi connectivity index (χ1v) is 10.1. The molecule has 1 heterocycles. The maximum absolute atomic E-state index is 13.1. The molecule has 0 saturated carbocycles. The first kappa shape index (κ1) is 19.9. The summed E-state index contributed by atoms with van der Waals surface area (Å²) in [6, 6.07) is 25.2. The van der Waals surface area contributed by atoms with Crippen LogP contribution < -0.4 is 10.2 Å². The largest absolute Gasteiger partial charge is 0.486 e. The molecule has 0 N–H and O–H groups in total. The average Bonchev–Trinajstić information content (AvgIpc) is 2.78. The van der Waals surface area contributed by atoms with Gasteiger partial charge in [-0.15, -0.1) is 0 Å². The Hall–Kier alpha value is -3.37. The molecule has 1 unspecified atom stereocenters. The summed E-state index contributed by atoms with van der Waals surface area (Å²) in [4.78, 5) is 15.3. The third kappa shape index (κ3) is 4.44. The maximum atomic E-state index is 13.1. The van der Waals surface area contributed by atoms with E-state index in [1.165, 1.54) is 6.26 Å². The molecule has 0 amide bonds. The standard InChI is InChI=1S/C26H25NO3/c1-27(2)16-15-24(20-11-7-4-8-12-20)30-21-13-14-25-22(17-21)26(28)23(18-29-25)19-9-5-3-6-10-19/h3-14,17-18,24H,15-16H2,1-2H3. The fourth-order valence-electron chi connectivity index (χ4n) is 3.50. The molecule has 1 aromatic heterocycles. The van der Waals surface area contributed by atoms with Crippen molar-refractivity contribution in [1.29, 1.82) is 0 Å². The van der Waals surface area contributed by atoms with Crippen LogP contribution in [0.2, 0.25) is 0 Å². The summed E-state index contributed by atoms with van der Waals surface area (Å²) in [5.41, 5.74) is 3.00. The fraction of sp³-hybridized carbons (Fsp3) is 0.192. The van der Waals surface area contributed by atoms with Crippen molar-refractivity contribution in [2.24, 2.45) is 0 Å². The predicted molar refractivity (Wildman–Crippen MR) is 121 cm³/mol. The van der Waals surface area contributed by atoms with Crippen molar-refractivity contribution in [3.63, 3.8) is 0 Å². The molecule has 0 radical (unpaired) electrons. The molecule has 30 heavy (non-hydrogen) atoms. The van der Waals surface area contributed by atoms with Gasteiger partial charge in [0.05, 0.1) is 10.9 Å². The molecule has 0 saturated heterocycles. The number of benzene rings is 3. The second-order valence-corrected chi connectivity index (χ2v) is 7.61. The zero-order chi connectivity index (χ0) is 20.9. The van der Waals surface area contributed by atoms with Gasteiger partial charge in [-0.2, -0.15) is 0 Å². The summed E-state index contributed by atoms with van der Waals surface area (Å²) < 4.78 is 12.1. The third-order valence-electron chi connectivity index (χ3n) is 5.12. The summed E-state index contributed by atoms with van der Waals surface area (Å²) in [5.74, 6) is 0.660. The van der Waals surface area contributed by atoms with Gasteiger partial charge in [-0.25, -0.2) is 0 Å². The Bertz CT molecular complexity index is 1170. The summed E-state index contributed by atoms with van der Waals surface area (Å²) in [7, 11) is 4.10. The van der Waals surface area contributed by atoms with Crippen molar-refractivity contribution < 1.29 is 9.15 Å². The lowest BCUT2D eigenvalue weighted by Gasteiger charge is -2.21. The topological polar surface area (TPSA) is 42.7 Å². The maximum Gasteiger partial charge on any atom is 0.200 e. The molecular formula is C26H25NO3. The highest BCUT2D eigenvalue weighted by Crippen LogP contribution is 2.28. The van der Waals surface area contributed by atoms with Gasteiger partial charge in [0.15, 0.2) is 0 Å². The lowest BCUT2D eigenvalue weighted by molar-refractivity contribution is 0.179. The van der Waals surface area contributed by atoms with E-state index in [4.69, 9.17) is 9.15 Å². The van der Waals surface area contributed by atoms with Gasteiger partial charge in [0.25, 0.3) is 0 Å². The Labute approximate surface area is 176 Å². The van der Waals surface area contributed by atoms with Crippen LogP contribution in [-0.2, 0) is 0 Å². The molecule has 4 aromatic rings. The molecule has 152 valence electrons. The molecule has 4 nitrogen and oxygen atoms in total. The molecule has 0 aliphatic heterocycles. The van der Waals surface area contributed by atoms with Crippen LogP contribution in [0.3, 0.4) is 0 Å². The van der Waals surface area contributed by atoms with E-state index < -0.39 is 0 Å². The summed E-state index contributed by atoms with van der Waals surface area (Å²) in [5, 5.41) is 0.522. The number of nitrogens with zero attached hydrogens (tertiary/aromatic N) is 1. The molecule has 0 aliphatic rings. The van der Waals surface area contributed by atoms with Gasteiger partial charge in [0.2, 0.25) is 5.43 Å². The van der Waals surface area contributed by atoms with Crippen molar-refractivity contribution in [3.05, 3.63) is 101 Å². The summed E-state index contributed by atoms with van der Waals surface area (Å²) >= 11 is 0. The van der Waals surface area contributed by atoms with Gasteiger partial charge in [0.1, 0.15) is 23.7 Å². The Balaban J connectivity index is 1.69. The Kier molecular flexibility index (Phi) is 5.96. The van der Waals surface area contributed by atoms with E-state index in [0.717, 1.165) is 24.1 Å². The zero-order valence-electron chi connectivity index (χ0n) is 17.2. The minimum Gasteiger partial charge on any atom is -0.486 e. The van der Waals surface area contributed by atoms with Crippen LogP contribution in [0.15, 0.2) is 94.3 Å². The van der Waals surface area contributed by atoms with E-state index in [1.807, 2.05) is 54.6 Å². The van der Waals surface area contributed by atoms with Crippen molar-refractivity contribution >= 4 is 11.0 Å². The van der Waals surface area contributed by atoms with Gasteiger partial charge in [0, 0.05) is 13.0 Å². The Morgan fingerprint density at radius 2 is 1.63 bits per heavy atom. The monoisotopic (exact) mass is 399 g/mol. The minimum absolute atomic E-state index is 0.0579. The van der Waals surface area contributed by atoms with E-state index in [1.54, 1.807) is 12.1 Å². The number of hydrogen-bond donors (Lipinski definition) is 0. The van der Waals surface area contributed by atoms with Crippen LogP contribution >= 0.6 is 0 Å². The third-order valence-corrected chi connectivity index (χ3v) is 5.12. The van der Waals surface area contributed by atoms with Crippen LogP contribution in [0.25, 0.3) is 22.1 Å². The van der Waals surface area contributed by atoms with Gasteiger partial charge >= 0.3 is 0 Å². The average molecular weight is 399 g/mol. The molecule has 0 spiro atoms. The highest BCUT2D eigenvalue weighted by molar-refractivity contribution is 5.82. The van der Waals surface area contributed by atoms with Crippen molar-refractivity contribution in [1.82, 2.24) is 4.90 Å². The fourth-order valence-corrected chi connectivity index (χ4v) is 3.50. The van der Waals surface area contributed by atoms with E-state index in [9.17, 15) is 4.79 Å². The Morgan fingerprint density at radius 3 is 2.33 bits per heavy atom. The highest BCUT2D eigenvalue weighted by Gasteiger charge is 2.16. The van der Waals surface area contributed by atoms with Crippen LogP contribution in [0.5, 0.6) is 5.75 Å². The van der Waals surface area contributed by atoms with Gasteiger partial charge in [-0.1, -0.05) is 60.7 Å². The first-order chi connectivity index (χ1) is 14.6. The lowest BCUT2D eigenvalue weighted by Crippen LogP contribution is -2.18. The molecule has 0 aliphatic carbocycles. The van der Waals surface area contributed by atoms with E-state index >= 15 is 0 Å². The minimum atomic E-state index is -0.101. The summed E-state index contributed by atoms with van der Waals surface area (Å²) in [6.45, 7) is 0.896. The molecule has 0 fully saturated rings. The predicted octanol–water partition coefficient (Wildman–Crippen LogP) is 5.53. The quantitative estimate of drug-likeness (QED) is 0.410.